The maximum atomic E-state index is 11.5. The lowest BCUT2D eigenvalue weighted by atomic mass is 10.0. The number of nitrogens with zero attached hydrogens (tertiary/aromatic N) is 5. The van der Waals surface area contributed by atoms with Crippen LogP contribution in [0.15, 0.2) is 24.5 Å². The summed E-state index contributed by atoms with van der Waals surface area (Å²) in [4.78, 5) is 22.4. The number of carbonyl (C=O) groups excluding carboxylic acids is 1. The highest BCUT2D eigenvalue weighted by atomic mass is 16.1. The fourth-order valence-electron chi connectivity index (χ4n) is 2.87. The van der Waals surface area contributed by atoms with Gasteiger partial charge in [0.1, 0.15) is 18.0 Å². The Morgan fingerprint density at radius 2 is 2.04 bits per heavy atom. The van der Waals surface area contributed by atoms with Crippen LogP contribution in [-0.2, 0) is 6.42 Å². The first-order valence-electron chi connectivity index (χ1n) is 8.57. The Hall–Kier alpha value is -2.77. The summed E-state index contributed by atoms with van der Waals surface area (Å²) in [5, 5.41) is 14.0. The maximum absolute atomic E-state index is 11.5. The first-order chi connectivity index (χ1) is 12.2. The third-order valence-electron chi connectivity index (χ3n) is 4.37. The van der Waals surface area contributed by atoms with E-state index in [0.717, 1.165) is 43.9 Å². The minimum Gasteiger partial charge on any atom is -0.366 e. The van der Waals surface area contributed by atoms with Gasteiger partial charge in [-0.1, -0.05) is 6.92 Å². The van der Waals surface area contributed by atoms with Crippen LogP contribution in [0.25, 0.3) is 0 Å². The summed E-state index contributed by atoms with van der Waals surface area (Å²) in [5.41, 5.74) is 1.38. The van der Waals surface area contributed by atoms with Crippen molar-refractivity contribution in [2.45, 2.75) is 32.2 Å². The van der Waals surface area contributed by atoms with Crippen molar-refractivity contribution in [3.63, 3.8) is 0 Å². The van der Waals surface area contributed by atoms with Crippen molar-refractivity contribution in [1.29, 1.82) is 0 Å². The van der Waals surface area contributed by atoms with Gasteiger partial charge in [0.2, 0.25) is 0 Å². The molecule has 1 fully saturated rings. The number of hydrogen-bond donors (Lipinski definition) is 2. The molecule has 0 bridgehead atoms. The van der Waals surface area contributed by atoms with E-state index in [-0.39, 0.29) is 5.91 Å². The number of piperidine rings is 1. The molecule has 0 atom stereocenters. The second-order valence-electron chi connectivity index (χ2n) is 6.01. The quantitative estimate of drug-likeness (QED) is 0.845. The van der Waals surface area contributed by atoms with Gasteiger partial charge in [-0.15, -0.1) is 10.2 Å². The predicted octanol–water partition coefficient (Wildman–Crippen LogP) is 1.27. The van der Waals surface area contributed by atoms with Crippen molar-refractivity contribution in [2.24, 2.45) is 0 Å². The molecule has 1 amide bonds. The van der Waals surface area contributed by atoms with Crippen molar-refractivity contribution in [3.8, 4) is 0 Å². The molecule has 0 aliphatic carbocycles. The van der Waals surface area contributed by atoms with Gasteiger partial charge in [0, 0.05) is 37.9 Å². The summed E-state index contributed by atoms with van der Waals surface area (Å²) in [6.07, 6.45) is 4.54. The largest absolute Gasteiger partial charge is 0.366 e. The van der Waals surface area contributed by atoms with Gasteiger partial charge in [0.15, 0.2) is 5.69 Å². The predicted molar refractivity (Wildman–Crippen MR) is 95.7 cm³/mol. The topological polar surface area (TPSA) is 95.9 Å². The molecule has 0 spiro atoms. The molecule has 25 heavy (non-hydrogen) atoms. The zero-order chi connectivity index (χ0) is 17.6. The Bertz CT molecular complexity index is 711. The van der Waals surface area contributed by atoms with Crippen LogP contribution in [-0.4, -0.2) is 52.3 Å². The fraction of sp³-hybridized carbons (Fsp3) is 0.471. The molecule has 2 aromatic heterocycles. The van der Waals surface area contributed by atoms with Gasteiger partial charge in [-0.3, -0.25) is 4.79 Å². The summed E-state index contributed by atoms with van der Waals surface area (Å²) in [6, 6.07) is 5.87. The first kappa shape index (κ1) is 17.1. The fourth-order valence-corrected chi connectivity index (χ4v) is 2.87. The van der Waals surface area contributed by atoms with Crippen LogP contribution in [0.3, 0.4) is 0 Å². The van der Waals surface area contributed by atoms with E-state index in [2.05, 4.69) is 48.7 Å². The molecule has 0 aromatic carbocycles. The molecule has 0 radical (unpaired) electrons. The van der Waals surface area contributed by atoms with Crippen LogP contribution in [0.5, 0.6) is 0 Å². The van der Waals surface area contributed by atoms with E-state index in [4.69, 9.17) is 0 Å². The zero-order valence-electron chi connectivity index (χ0n) is 14.6. The third-order valence-corrected chi connectivity index (χ3v) is 4.37. The van der Waals surface area contributed by atoms with Gasteiger partial charge in [-0.2, -0.15) is 0 Å². The normalized spacial score (nSPS) is 15.0. The second-order valence-corrected chi connectivity index (χ2v) is 6.01. The molecular weight excluding hydrogens is 318 g/mol. The van der Waals surface area contributed by atoms with Gasteiger partial charge in [-0.05, 0) is 31.4 Å². The monoisotopic (exact) mass is 341 g/mol. The zero-order valence-corrected chi connectivity index (χ0v) is 14.6. The standard InChI is InChI=1S/C17H23N7O/c1-3-12-10-16(20-11-19-12)24-8-6-13(7-9-24)21-15-5-4-14(22-23-15)17(25)18-2/h4-5,10-11,13H,3,6-9H2,1-2H3,(H,18,25)(H,21,23). The summed E-state index contributed by atoms with van der Waals surface area (Å²) < 4.78 is 0. The molecule has 1 aliphatic rings. The highest BCUT2D eigenvalue weighted by Gasteiger charge is 2.21. The third kappa shape index (κ3) is 4.20. The van der Waals surface area contributed by atoms with E-state index in [1.807, 2.05) is 0 Å². The number of anilines is 2. The van der Waals surface area contributed by atoms with Crippen LogP contribution >= 0.6 is 0 Å². The number of aromatic nitrogens is 4. The van der Waals surface area contributed by atoms with E-state index >= 15 is 0 Å². The van der Waals surface area contributed by atoms with E-state index in [9.17, 15) is 4.79 Å². The summed E-state index contributed by atoms with van der Waals surface area (Å²) in [6.45, 7) is 3.96. The number of hydrogen-bond acceptors (Lipinski definition) is 7. The second kappa shape index (κ2) is 7.87. The van der Waals surface area contributed by atoms with E-state index in [1.165, 1.54) is 0 Å². The van der Waals surface area contributed by atoms with Gasteiger partial charge in [-0.25, -0.2) is 9.97 Å². The molecule has 1 saturated heterocycles. The van der Waals surface area contributed by atoms with Crippen molar-refractivity contribution >= 4 is 17.5 Å². The minimum atomic E-state index is -0.233. The van der Waals surface area contributed by atoms with Crippen LogP contribution < -0.4 is 15.5 Å². The Morgan fingerprint density at radius 1 is 1.24 bits per heavy atom. The number of nitrogens with one attached hydrogen (secondary N) is 2. The molecule has 1 aliphatic heterocycles. The van der Waals surface area contributed by atoms with Crippen molar-refractivity contribution in [2.75, 3.05) is 30.4 Å². The van der Waals surface area contributed by atoms with Crippen LogP contribution in [0.4, 0.5) is 11.6 Å². The molecule has 3 heterocycles. The average Bonchev–Trinajstić information content (AvgIpc) is 2.68. The number of amides is 1. The van der Waals surface area contributed by atoms with Gasteiger partial charge in [0.05, 0.1) is 0 Å². The Balaban J connectivity index is 1.54. The lowest BCUT2D eigenvalue weighted by molar-refractivity contribution is 0.0957. The van der Waals surface area contributed by atoms with Crippen LogP contribution in [0.2, 0.25) is 0 Å². The Morgan fingerprint density at radius 3 is 2.68 bits per heavy atom. The first-order valence-corrected chi connectivity index (χ1v) is 8.57. The number of carbonyl (C=O) groups is 1. The smallest absolute Gasteiger partial charge is 0.271 e. The molecule has 0 unspecified atom stereocenters. The molecule has 3 rings (SSSR count). The maximum Gasteiger partial charge on any atom is 0.271 e. The molecule has 8 heteroatoms. The summed E-state index contributed by atoms with van der Waals surface area (Å²) in [7, 11) is 1.57. The SMILES string of the molecule is CCc1cc(N2CCC(Nc3ccc(C(=O)NC)nn3)CC2)ncn1. The van der Waals surface area contributed by atoms with Crippen molar-refractivity contribution in [1.82, 2.24) is 25.5 Å². The number of aryl methyl sites for hydroxylation is 1. The molecule has 8 nitrogen and oxygen atoms in total. The molecule has 2 aromatic rings. The van der Waals surface area contributed by atoms with Crippen molar-refractivity contribution in [3.05, 3.63) is 35.9 Å². The average molecular weight is 341 g/mol. The van der Waals surface area contributed by atoms with Crippen LogP contribution in [0, 0.1) is 0 Å². The summed E-state index contributed by atoms with van der Waals surface area (Å²) in [5.74, 6) is 1.46. The van der Waals surface area contributed by atoms with Gasteiger partial charge < -0.3 is 15.5 Å². The van der Waals surface area contributed by atoms with Gasteiger partial charge >= 0.3 is 0 Å². The molecular formula is C17H23N7O. The highest BCUT2D eigenvalue weighted by Crippen LogP contribution is 2.20. The van der Waals surface area contributed by atoms with E-state index in [0.29, 0.717) is 17.6 Å². The molecule has 2 N–H and O–H groups in total. The molecule has 0 saturated carbocycles. The lowest BCUT2D eigenvalue weighted by Gasteiger charge is -2.33. The minimum absolute atomic E-state index is 0.233. The summed E-state index contributed by atoms with van der Waals surface area (Å²) >= 11 is 0. The number of rotatable bonds is 5. The molecule has 132 valence electrons. The Labute approximate surface area is 147 Å². The lowest BCUT2D eigenvalue weighted by Crippen LogP contribution is -2.39. The van der Waals surface area contributed by atoms with Crippen LogP contribution in [0.1, 0.15) is 35.9 Å². The van der Waals surface area contributed by atoms with E-state index < -0.39 is 0 Å². The highest BCUT2D eigenvalue weighted by molar-refractivity contribution is 5.91. The van der Waals surface area contributed by atoms with Gasteiger partial charge in [0.25, 0.3) is 5.91 Å². The Kier molecular flexibility index (Phi) is 5.37. The van der Waals surface area contributed by atoms with Crippen molar-refractivity contribution < 1.29 is 4.79 Å². The van der Waals surface area contributed by atoms with E-state index in [1.54, 1.807) is 25.5 Å².